The van der Waals surface area contributed by atoms with Crippen LogP contribution in [0.25, 0.3) is 94.7 Å². The number of rotatable bonds is 5. The highest BCUT2D eigenvalue weighted by atomic mass is 16.3. The standard InChI is InChI=1S/C45H38B10N4O/c46-33-31(34(47)38(51)41(54)37(33)50)44-56-43(57-45(58-44)32-35(48)39(52)42(55)40(53)36(32)49)21-10-13-24-26-17-20(12-15-29(26)60-30(24)18-21)19-11-14-28-25(16-19)23-8-4-5-9-27(23)59(28)22-6-2-1-3-7-22/h1-18H,46-55H2. The highest BCUT2D eigenvalue weighted by Gasteiger charge is 2.22. The topological polar surface area (TPSA) is 56.7 Å². The molecule has 7 aromatic carbocycles. The molecular formula is C45H38B10N4O. The van der Waals surface area contributed by atoms with E-state index in [0.29, 0.717) is 17.5 Å². The molecule has 0 bridgehead atoms. The maximum Gasteiger partial charge on any atom is 0.164 e. The second-order valence-corrected chi connectivity index (χ2v) is 16.8. The first-order valence-corrected chi connectivity index (χ1v) is 20.9. The van der Waals surface area contributed by atoms with Gasteiger partial charge in [-0.05, 0) is 65.7 Å². The summed E-state index contributed by atoms with van der Waals surface area (Å²) in [6.07, 6.45) is 0. The van der Waals surface area contributed by atoms with Crippen molar-refractivity contribution < 1.29 is 4.42 Å². The molecule has 10 rings (SSSR count). The lowest BCUT2D eigenvalue weighted by molar-refractivity contribution is 0.669. The fourth-order valence-corrected chi connectivity index (χ4v) is 9.50. The summed E-state index contributed by atoms with van der Waals surface area (Å²) >= 11 is 0. The number of hydrogen-bond acceptors (Lipinski definition) is 4. The lowest BCUT2D eigenvalue weighted by Crippen LogP contribution is -2.55. The Kier molecular flexibility index (Phi) is 9.02. The van der Waals surface area contributed by atoms with Crippen LogP contribution in [0.4, 0.5) is 0 Å². The molecule has 10 aromatic rings. The van der Waals surface area contributed by atoms with Crippen molar-refractivity contribution in [2.45, 2.75) is 0 Å². The molecule has 0 fully saturated rings. The maximum atomic E-state index is 6.61. The van der Waals surface area contributed by atoms with Crippen LogP contribution in [0.1, 0.15) is 0 Å². The van der Waals surface area contributed by atoms with Crippen LogP contribution in [-0.2, 0) is 0 Å². The van der Waals surface area contributed by atoms with Gasteiger partial charge in [-0.25, -0.2) is 15.0 Å². The Morgan fingerprint density at radius 1 is 0.350 bits per heavy atom. The minimum atomic E-state index is 0.630. The van der Waals surface area contributed by atoms with Crippen LogP contribution in [0.5, 0.6) is 0 Å². The molecule has 0 saturated carbocycles. The average molecular weight is 759 g/mol. The second-order valence-electron chi connectivity index (χ2n) is 16.8. The summed E-state index contributed by atoms with van der Waals surface area (Å²) in [6, 6.07) is 39.0. The highest BCUT2D eigenvalue weighted by Crippen LogP contribution is 2.38. The van der Waals surface area contributed by atoms with Crippen molar-refractivity contribution in [1.29, 1.82) is 0 Å². The molecule has 0 amide bonds. The smallest absolute Gasteiger partial charge is 0.164 e. The Balaban J connectivity index is 1.12. The number of benzene rings is 7. The van der Waals surface area contributed by atoms with Gasteiger partial charge < -0.3 is 8.98 Å². The Labute approximate surface area is 359 Å². The van der Waals surface area contributed by atoms with Crippen molar-refractivity contribution in [1.82, 2.24) is 19.5 Å². The first-order chi connectivity index (χ1) is 28.9. The molecule has 0 aliphatic heterocycles. The van der Waals surface area contributed by atoms with E-state index < -0.39 is 0 Å². The Morgan fingerprint density at radius 3 is 1.45 bits per heavy atom. The summed E-state index contributed by atoms with van der Waals surface area (Å²) in [7, 11) is 22.0. The second kappa shape index (κ2) is 14.2. The summed E-state index contributed by atoms with van der Waals surface area (Å²) < 4.78 is 8.96. The number of fused-ring (bicyclic) bond motifs is 6. The number of nitrogens with zero attached hydrogens (tertiary/aromatic N) is 4. The lowest BCUT2D eigenvalue weighted by atomic mass is 9.60. The Bertz CT molecular complexity index is 3310. The van der Waals surface area contributed by atoms with E-state index in [1.165, 1.54) is 76.4 Å². The molecular weight excluding hydrogens is 721 g/mol. The van der Waals surface area contributed by atoms with Crippen molar-refractivity contribution in [3.63, 3.8) is 0 Å². The lowest BCUT2D eigenvalue weighted by Gasteiger charge is -2.22. The van der Waals surface area contributed by atoms with Crippen molar-refractivity contribution in [2.24, 2.45) is 0 Å². The van der Waals surface area contributed by atoms with Gasteiger partial charge in [0.2, 0.25) is 0 Å². The Morgan fingerprint density at radius 2 is 0.833 bits per heavy atom. The number of hydrogen-bond donors (Lipinski definition) is 0. The van der Waals surface area contributed by atoms with Crippen molar-refractivity contribution in [3.8, 4) is 51.0 Å². The van der Waals surface area contributed by atoms with E-state index in [0.717, 1.165) is 55.4 Å². The van der Waals surface area contributed by atoms with Crippen LogP contribution in [0.15, 0.2) is 114 Å². The first kappa shape index (κ1) is 38.0. The van der Waals surface area contributed by atoms with E-state index in [-0.39, 0.29) is 0 Å². The fraction of sp³-hybridized carbons (Fsp3) is 0. The van der Waals surface area contributed by atoms with Gasteiger partial charge in [0.25, 0.3) is 0 Å². The molecule has 0 spiro atoms. The minimum Gasteiger partial charge on any atom is -0.456 e. The van der Waals surface area contributed by atoms with Crippen LogP contribution in [-0.4, -0.2) is 98.0 Å². The number of para-hydroxylation sites is 2. The fourth-order valence-electron chi connectivity index (χ4n) is 9.50. The van der Waals surface area contributed by atoms with E-state index >= 15 is 0 Å². The van der Waals surface area contributed by atoms with Gasteiger partial charge in [0.15, 0.2) is 17.5 Å². The summed E-state index contributed by atoms with van der Waals surface area (Å²) in [5, 5.41) is 4.60. The van der Waals surface area contributed by atoms with Crippen molar-refractivity contribution in [2.75, 3.05) is 0 Å². The molecule has 0 radical (unpaired) electrons. The minimum absolute atomic E-state index is 0.630. The van der Waals surface area contributed by atoms with Gasteiger partial charge in [-0.15, -0.1) is 32.8 Å². The molecule has 0 unspecified atom stereocenters. The third kappa shape index (κ3) is 5.80. The molecule has 0 aliphatic rings. The molecule has 274 valence electrons. The van der Waals surface area contributed by atoms with Gasteiger partial charge in [0.1, 0.15) is 89.6 Å². The monoisotopic (exact) mass is 760 g/mol. The largest absolute Gasteiger partial charge is 0.456 e. The van der Waals surface area contributed by atoms with Crippen LogP contribution < -0.4 is 54.6 Å². The average Bonchev–Trinajstić information content (AvgIpc) is 3.81. The molecule has 3 aromatic heterocycles. The molecule has 0 atom stereocenters. The van der Waals surface area contributed by atoms with Gasteiger partial charge in [-0.2, -0.15) is 0 Å². The summed E-state index contributed by atoms with van der Waals surface area (Å²) in [5.41, 5.74) is 23.1. The molecule has 3 heterocycles. The van der Waals surface area contributed by atoms with Gasteiger partial charge in [-0.1, -0.05) is 76.4 Å². The van der Waals surface area contributed by atoms with E-state index in [1.54, 1.807) is 0 Å². The number of furan rings is 1. The number of aromatic nitrogens is 4. The summed E-state index contributed by atoms with van der Waals surface area (Å²) in [6.45, 7) is 0. The summed E-state index contributed by atoms with van der Waals surface area (Å²) in [4.78, 5) is 15.8. The predicted octanol–water partition coefficient (Wildman–Crippen LogP) is -5.88. The van der Waals surface area contributed by atoms with Gasteiger partial charge >= 0.3 is 0 Å². The first-order valence-electron chi connectivity index (χ1n) is 20.9. The van der Waals surface area contributed by atoms with E-state index in [4.69, 9.17) is 19.4 Å². The highest BCUT2D eigenvalue weighted by molar-refractivity contribution is 6.70. The van der Waals surface area contributed by atoms with E-state index in [9.17, 15) is 0 Å². The van der Waals surface area contributed by atoms with Crippen LogP contribution in [0.3, 0.4) is 0 Å². The zero-order valence-corrected chi connectivity index (χ0v) is 36.1. The van der Waals surface area contributed by atoms with Gasteiger partial charge in [-0.3, -0.25) is 0 Å². The third-order valence-corrected chi connectivity index (χ3v) is 13.8. The van der Waals surface area contributed by atoms with Gasteiger partial charge in [0, 0.05) is 43.9 Å². The van der Waals surface area contributed by atoms with Crippen molar-refractivity contribution in [3.05, 3.63) is 109 Å². The molecule has 15 heteroatoms. The normalized spacial score (nSPS) is 11.7. The van der Waals surface area contributed by atoms with Crippen LogP contribution in [0, 0.1) is 0 Å². The molecule has 0 N–H and O–H groups in total. The van der Waals surface area contributed by atoms with Crippen LogP contribution in [0.2, 0.25) is 0 Å². The zero-order valence-electron chi connectivity index (χ0n) is 36.1. The van der Waals surface area contributed by atoms with Crippen LogP contribution >= 0.6 is 0 Å². The summed E-state index contributed by atoms with van der Waals surface area (Å²) in [5.74, 6) is 2.03. The SMILES string of the molecule is Bc1c(B)c(B)c(-c2nc(-c3ccc4c(c3)oc3ccc(-c5ccc6c(c5)c5ccccc5n6-c5ccccc5)cc34)nc(-c3c(B)c(B)c(B)c(B)c3B)n2)c(B)c1B. The zero-order chi connectivity index (χ0) is 41.7. The molecule has 0 saturated heterocycles. The molecule has 5 nitrogen and oxygen atoms in total. The van der Waals surface area contributed by atoms with Crippen molar-refractivity contribution >= 4 is 177 Å². The van der Waals surface area contributed by atoms with E-state index in [1.807, 2.05) is 0 Å². The Hall–Kier alpha value is -6.20. The third-order valence-electron chi connectivity index (χ3n) is 13.8. The predicted molar refractivity (Wildman–Crippen MR) is 285 cm³/mol. The molecule has 0 aliphatic carbocycles. The molecule has 60 heavy (non-hydrogen) atoms. The van der Waals surface area contributed by atoms with Gasteiger partial charge in [0.05, 0.1) is 11.0 Å². The van der Waals surface area contributed by atoms with E-state index in [2.05, 4.69) is 192 Å². The maximum absolute atomic E-state index is 6.61. The quantitative estimate of drug-likeness (QED) is 0.165.